The van der Waals surface area contributed by atoms with E-state index in [0.717, 1.165) is 31.9 Å². The lowest BCUT2D eigenvalue weighted by Crippen LogP contribution is -2.63. The van der Waals surface area contributed by atoms with E-state index in [1.54, 1.807) is 0 Å². The summed E-state index contributed by atoms with van der Waals surface area (Å²) in [6.07, 6.45) is 2.47. The molecule has 1 aliphatic heterocycles. The smallest absolute Gasteiger partial charge is 0.191 e. The van der Waals surface area contributed by atoms with Gasteiger partial charge in [0.1, 0.15) is 0 Å². The minimum Gasteiger partial charge on any atom is -0.373 e. The zero-order chi connectivity index (χ0) is 14.7. The predicted octanol–water partition coefficient (Wildman–Crippen LogP) is 2.93. The topological polar surface area (TPSA) is 45.7 Å². The van der Waals surface area contributed by atoms with Gasteiger partial charge < -0.3 is 15.4 Å². The Kier molecular flexibility index (Phi) is 6.09. The minimum absolute atomic E-state index is 0. The van der Waals surface area contributed by atoms with Gasteiger partial charge in [0.25, 0.3) is 0 Å². The lowest BCUT2D eigenvalue weighted by Gasteiger charge is -2.52. The normalized spacial score (nSPS) is 26.0. The number of nitrogens with zero attached hydrogens (tertiary/aromatic N) is 1. The molecule has 4 nitrogen and oxygen atoms in total. The van der Waals surface area contributed by atoms with Crippen LogP contribution in [0, 0.1) is 5.41 Å². The van der Waals surface area contributed by atoms with Crippen LogP contribution in [0.3, 0.4) is 0 Å². The zero-order valence-corrected chi connectivity index (χ0v) is 15.7. The molecule has 1 aromatic carbocycles. The number of hydrogen-bond acceptors (Lipinski definition) is 4. The molecule has 1 fully saturated rings. The highest BCUT2D eigenvalue weighted by atomic mass is 127. The fourth-order valence-electron chi connectivity index (χ4n) is 2.98. The number of nitrogens with one attached hydrogen (secondary N) is 2. The van der Waals surface area contributed by atoms with Crippen LogP contribution in [-0.4, -0.2) is 31.2 Å². The maximum Gasteiger partial charge on any atom is 0.191 e. The summed E-state index contributed by atoms with van der Waals surface area (Å²) in [5.74, 6) is 0.959. The molecule has 2 N–H and O–H groups in total. The van der Waals surface area contributed by atoms with Gasteiger partial charge in [-0.25, -0.2) is 0 Å². The maximum absolute atomic E-state index is 6.10. The number of hydrogen-bond donors (Lipinski definition) is 2. The van der Waals surface area contributed by atoms with Crippen LogP contribution in [0.25, 0.3) is 0 Å². The molecular weight excluding hydrogens is 389 g/mol. The van der Waals surface area contributed by atoms with E-state index in [1.165, 1.54) is 5.56 Å². The minimum atomic E-state index is 0. The average molecular weight is 415 g/mol. The molecule has 3 rings (SSSR count). The van der Waals surface area contributed by atoms with E-state index in [0.29, 0.717) is 18.8 Å². The molecule has 1 aliphatic carbocycles. The van der Waals surface area contributed by atoms with Crippen molar-refractivity contribution in [1.29, 1.82) is 0 Å². The Morgan fingerprint density at radius 2 is 2.09 bits per heavy atom. The van der Waals surface area contributed by atoms with Crippen LogP contribution >= 0.6 is 24.0 Å². The van der Waals surface area contributed by atoms with Gasteiger partial charge in [0, 0.05) is 24.5 Å². The van der Waals surface area contributed by atoms with E-state index >= 15 is 0 Å². The Morgan fingerprint density at radius 3 is 2.73 bits per heavy atom. The van der Waals surface area contributed by atoms with E-state index < -0.39 is 0 Å². The molecule has 0 aromatic heterocycles. The molecule has 2 aliphatic rings. The summed E-state index contributed by atoms with van der Waals surface area (Å²) in [6, 6.07) is 10.8. The maximum atomic E-state index is 6.10. The predicted molar refractivity (Wildman–Crippen MR) is 101 cm³/mol. The molecule has 0 bridgehead atoms. The van der Waals surface area contributed by atoms with Crippen LogP contribution in [0.4, 0.5) is 0 Å². The first-order valence-electron chi connectivity index (χ1n) is 7.86. The van der Waals surface area contributed by atoms with Crippen LogP contribution in [0.5, 0.6) is 0 Å². The highest BCUT2D eigenvalue weighted by Crippen LogP contribution is 2.43. The zero-order valence-electron chi connectivity index (χ0n) is 13.3. The van der Waals surface area contributed by atoms with E-state index in [1.807, 2.05) is 6.07 Å². The third-order valence-electron chi connectivity index (χ3n) is 4.68. The molecule has 2 unspecified atom stereocenters. The molecule has 1 saturated carbocycles. The van der Waals surface area contributed by atoms with E-state index in [2.05, 4.69) is 53.7 Å². The molecule has 1 aromatic rings. The van der Waals surface area contributed by atoms with E-state index in [9.17, 15) is 0 Å². The molecule has 5 heteroatoms. The van der Waals surface area contributed by atoms with Gasteiger partial charge in [0.05, 0.1) is 12.7 Å². The van der Waals surface area contributed by atoms with E-state index in [4.69, 9.17) is 4.74 Å². The number of rotatable bonds is 4. The average Bonchev–Trinajstić information content (AvgIpc) is 2.52. The largest absolute Gasteiger partial charge is 0.373 e. The summed E-state index contributed by atoms with van der Waals surface area (Å²) in [5.41, 5.74) is 1.37. The van der Waals surface area contributed by atoms with Crippen LogP contribution in [-0.2, 0) is 11.3 Å². The standard InChI is InChI=1S/C17H25N3O.HI/c1-17(2)14(20-16-18-9-6-10-19-16)11-15(17)21-12-13-7-4-3-5-8-13;/h3-5,7-8,14-15H,6,9-12H2,1-2H3,(H2,18,19,20);1H. The molecule has 1 heterocycles. The summed E-state index contributed by atoms with van der Waals surface area (Å²) in [6.45, 7) is 7.19. The monoisotopic (exact) mass is 415 g/mol. The summed E-state index contributed by atoms with van der Waals surface area (Å²) in [4.78, 5) is 4.49. The highest BCUT2D eigenvalue weighted by Gasteiger charge is 2.49. The SMILES string of the molecule is CC1(C)C(NC2=NCCCN2)CC1OCc1ccccc1.I. The molecule has 22 heavy (non-hydrogen) atoms. The van der Waals surface area contributed by atoms with Crippen molar-refractivity contribution < 1.29 is 4.74 Å². The first kappa shape index (κ1) is 17.5. The van der Waals surface area contributed by atoms with Crippen molar-refractivity contribution in [2.45, 2.75) is 45.4 Å². The first-order valence-corrected chi connectivity index (χ1v) is 7.86. The Bertz CT molecular complexity index is 504. The van der Waals surface area contributed by atoms with E-state index in [-0.39, 0.29) is 29.4 Å². The molecule has 2 atom stereocenters. The summed E-state index contributed by atoms with van der Waals surface area (Å²) < 4.78 is 6.10. The van der Waals surface area contributed by atoms with Gasteiger partial charge in [0.15, 0.2) is 5.96 Å². The number of aliphatic imine (C=N–C) groups is 1. The third kappa shape index (κ3) is 3.93. The van der Waals surface area contributed by atoms with Gasteiger partial charge in [-0.3, -0.25) is 4.99 Å². The summed E-state index contributed by atoms with van der Waals surface area (Å²) >= 11 is 0. The van der Waals surface area contributed by atoms with Crippen LogP contribution < -0.4 is 10.6 Å². The van der Waals surface area contributed by atoms with Crippen LogP contribution in [0.2, 0.25) is 0 Å². The second-order valence-corrected chi connectivity index (χ2v) is 6.55. The van der Waals surface area contributed by atoms with Crippen LogP contribution in [0.1, 0.15) is 32.3 Å². The Labute approximate surface area is 150 Å². The van der Waals surface area contributed by atoms with Gasteiger partial charge >= 0.3 is 0 Å². The Morgan fingerprint density at radius 1 is 1.32 bits per heavy atom. The summed E-state index contributed by atoms with van der Waals surface area (Å²) in [5, 5.41) is 6.86. The fraction of sp³-hybridized carbons (Fsp3) is 0.588. The van der Waals surface area contributed by atoms with Crippen molar-refractivity contribution in [3.8, 4) is 0 Å². The van der Waals surface area contributed by atoms with Crippen molar-refractivity contribution in [2.24, 2.45) is 10.4 Å². The molecule has 122 valence electrons. The van der Waals surface area contributed by atoms with Gasteiger partial charge in [0.2, 0.25) is 0 Å². The molecule has 0 radical (unpaired) electrons. The fourth-order valence-corrected chi connectivity index (χ4v) is 2.98. The van der Waals surface area contributed by atoms with Crippen molar-refractivity contribution in [1.82, 2.24) is 10.6 Å². The number of ether oxygens (including phenoxy) is 1. The van der Waals surface area contributed by atoms with Crippen molar-refractivity contribution in [2.75, 3.05) is 13.1 Å². The quantitative estimate of drug-likeness (QED) is 0.744. The van der Waals surface area contributed by atoms with Gasteiger partial charge in [-0.15, -0.1) is 24.0 Å². The first-order chi connectivity index (χ1) is 10.2. The van der Waals surface area contributed by atoms with Crippen molar-refractivity contribution in [3.05, 3.63) is 35.9 Å². The second-order valence-electron chi connectivity index (χ2n) is 6.55. The molecule has 0 amide bonds. The Balaban J connectivity index is 0.00000176. The lowest BCUT2D eigenvalue weighted by molar-refractivity contribution is -0.120. The van der Waals surface area contributed by atoms with Crippen molar-refractivity contribution >= 4 is 29.9 Å². The number of guanidine groups is 1. The summed E-state index contributed by atoms with van der Waals surface area (Å²) in [7, 11) is 0. The van der Waals surface area contributed by atoms with Gasteiger partial charge in [-0.2, -0.15) is 0 Å². The molecule has 0 saturated heterocycles. The lowest BCUT2D eigenvalue weighted by atomic mass is 9.64. The molecular formula is C17H26IN3O. The molecule has 0 spiro atoms. The Hall–Kier alpha value is -0.820. The number of halogens is 1. The highest BCUT2D eigenvalue weighted by molar-refractivity contribution is 14.0. The third-order valence-corrected chi connectivity index (χ3v) is 4.68. The second kappa shape index (κ2) is 7.64. The van der Waals surface area contributed by atoms with Gasteiger partial charge in [-0.1, -0.05) is 44.2 Å². The van der Waals surface area contributed by atoms with Crippen molar-refractivity contribution in [3.63, 3.8) is 0 Å². The van der Waals surface area contributed by atoms with Crippen LogP contribution in [0.15, 0.2) is 35.3 Å². The number of benzene rings is 1. The van der Waals surface area contributed by atoms with Gasteiger partial charge in [-0.05, 0) is 18.4 Å².